The van der Waals surface area contributed by atoms with Crippen molar-refractivity contribution in [1.29, 1.82) is 0 Å². The third kappa shape index (κ3) is 13.4. The number of nitrogens with zero attached hydrogens (tertiary/aromatic N) is 1. The molecule has 0 saturated carbocycles. The summed E-state index contributed by atoms with van der Waals surface area (Å²) in [5, 5.41) is 0. The van der Waals surface area contributed by atoms with E-state index in [0.29, 0.717) is 0 Å². The largest absolute Gasteiger partial charge is 0.349 e. The standard InChI is InChI=1S/C20H46NSi2/c1-7-9-11-13-15-17-19-22(21(3)23(4,5)6)20-18-16-14-12-10-8-2/h7-20H2,1-6H3. The Labute approximate surface area is 151 Å². The van der Waals surface area contributed by atoms with E-state index >= 15 is 0 Å². The van der Waals surface area contributed by atoms with Crippen LogP contribution in [0.4, 0.5) is 0 Å². The summed E-state index contributed by atoms with van der Waals surface area (Å²) in [6.45, 7) is 12.2. The second kappa shape index (κ2) is 14.7. The zero-order valence-electron chi connectivity index (χ0n) is 17.3. The lowest BCUT2D eigenvalue weighted by Crippen LogP contribution is -2.51. The molecule has 0 spiro atoms. The van der Waals surface area contributed by atoms with Crippen molar-refractivity contribution in [2.75, 3.05) is 7.05 Å². The van der Waals surface area contributed by atoms with Crippen LogP contribution in [0.2, 0.25) is 31.7 Å². The summed E-state index contributed by atoms with van der Waals surface area (Å²) in [5.74, 6) is 0. The Morgan fingerprint density at radius 1 is 0.609 bits per heavy atom. The highest BCUT2D eigenvalue weighted by molar-refractivity contribution is 6.83. The van der Waals surface area contributed by atoms with Crippen molar-refractivity contribution in [3.8, 4) is 0 Å². The third-order valence-electron chi connectivity index (χ3n) is 5.12. The zero-order chi connectivity index (χ0) is 17.6. The number of hydrogen-bond acceptors (Lipinski definition) is 1. The normalized spacial score (nSPS) is 12.5. The van der Waals surface area contributed by atoms with Crippen LogP contribution in [-0.4, -0.2) is 28.5 Å². The van der Waals surface area contributed by atoms with Crippen LogP contribution >= 0.6 is 0 Å². The van der Waals surface area contributed by atoms with Crippen LogP contribution in [0.5, 0.6) is 0 Å². The van der Waals surface area contributed by atoms with Crippen molar-refractivity contribution in [2.45, 2.75) is 123 Å². The summed E-state index contributed by atoms with van der Waals surface area (Å²) >= 11 is 0. The second-order valence-electron chi connectivity index (χ2n) is 8.33. The molecule has 0 fully saturated rings. The molecule has 0 aliphatic carbocycles. The fourth-order valence-corrected chi connectivity index (χ4v) is 9.86. The second-order valence-corrected chi connectivity index (χ2v) is 16.6. The fraction of sp³-hybridized carbons (Fsp3) is 1.00. The summed E-state index contributed by atoms with van der Waals surface area (Å²) in [4.78, 5) is 0. The van der Waals surface area contributed by atoms with Crippen LogP contribution in [0.1, 0.15) is 90.9 Å². The lowest BCUT2D eigenvalue weighted by atomic mass is 10.1. The molecule has 0 N–H and O–H groups in total. The highest BCUT2D eigenvalue weighted by Crippen LogP contribution is 2.20. The molecule has 3 heteroatoms. The van der Waals surface area contributed by atoms with Gasteiger partial charge in [-0.25, -0.2) is 0 Å². The van der Waals surface area contributed by atoms with Gasteiger partial charge in [-0.1, -0.05) is 111 Å². The average Bonchev–Trinajstić information content (AvgIpc) is 2.50. The van der Waals surface area contributed by atoms with Gasteiger partial charge in [0.2, 0.25) is 0 Å². The molecule has 139 valence electrons. The maximum absolute atomic E-state index is 2.88. The van der Waals surface area contributed by atoms with Crippen molar-refractivity contribution < 1.29 is 0 Å². The first-order chi connectivity index (χ1) is 10.9. The minimum absolute atomic E-state index is 0.270. The molecule has 0 aromatic heterocycles. The molecular formula is C20H46NSi2. The minimum atomic E-state index is -1.11. The van der Waals surface area contributed by atoms with Crippen LogP contribution in [0.15, 0.2) is 0 Å². The maximum atomic E-state index is 2.88. The molecular weight excluding hydrogens is 310 g/mol. The fourth-order valence-electron chi connectivity index (χ4n) is 3.15. The lowest BCUT2D eigenvalue weighted by molar-refractivity contribution is 0.607. The van der Waals surface area contributed by atoms with Crippen molar-refractivity contribution in [3.63, 3.8) is 0 Å². The van der Waals surface area contributed by atoms with Gasteiger partial charge in [0.1, 0.15) is 17.2 Å². The highest BCUT2D eigenvalue weighted by Gasteiger charge is 2.27. The van der Waals surface area contributed by atoms with E-state index in [-0.39, 0.29) is 8.96 Å². The van der Waals surface area contributed by atoms with Crippen molar-refractivity contribution in [1.82, 2.24) is 4.23 Å². The first-order valence-electron chi connectivity index (χ1n) is 10.5. The van der Waals surface area contributed by atoms with Crippen molar-refractivity contribution in [2.24, 2.45) is 0 Å². The van der Waals surface area contributed by atoms with Crippen LogP contribution in [-0.2, 0) is 0 Å². The van der Waals surface area contributed by atoms with E-state index in [1.54, 1.807) is 0 Å². The average molecular weight is 357 g/mol. The van der Waals surface area contributed by atoms with Crippen LogP contribution < -0.4 is 0 Å². The van der Waals surface area contributed by atoms with Crippen LogP contribution in [0, 0.1) is 0 Å². The van der Waals surface area contributed by atoms with Gasteiger partial charge in [0.05, 0.1) is 0 Å². The molecule has 1 radical (unpaired) electrons. The van der Waals surface area contributed by atoms with E-state index in [1.165, 1.54) is 89.1 Å². The van der Waals surface area contributed by atoms with Gasteiger partial charge in [-0.15, -0.1) is 0 Å². The molecule has 0 amide bonds. The van der Waals surface area contributed by atoms with Gasteiger partial charge in [0.25, 0.3) is 0 Å². The van der Waals surface area contributed by atoms with Gasteiger partial charge in [0, 0.05) is 0 Å². The van der Waals surface area contributed by atoms with Gasteiger partial charge < -0.3 is 4.23 Å². The number of unbranched alkanes of at least 4 members (excludes halogenated alkanes) is 10. The SMILES string of the molecule is CCCCCCCC[Si](CCCCCCCC)N(C)[Si](C)(C)C. The summed E-state index contributed by atoms with van der Waals surface area (Å²) in [7, 11) is 1.08. The smallest absolute Gasteiger partial charge is 0.129 e. The van der Waals surface area contributed by atoms with E-state index in [9.17, 15) is 0 Å². The van der Waals surface area contributed by atoms with Gasteiger partial charge in [-0.2, -0.15) is 0 Å². The molecule has 0 bridgehead atoms. The predicted octanol–water partition coefficient (Wildman–Crippen LogP) is 7.47. The Hall–Kier alpha value is 0.394. The zero-order valence-corrected chi connectivity index (χ0v) is 19.3. The van der Waals surface area contributed by atoms with E-state index in [0.717, 1.165) is 0 Å². The molecule has 0 saturated heterocycles. The first kappa shape index (κ1) is 23.4. The summed E-state index contributed by atoms with van der Waals surface area (Å²) < 4.78 is 2.88. The van der Waals surface area contributed by atoms with Gasteiger partial charge in [-0.05, 0) is 19.1 Å². The number of rotatable bonds is 16. The van der Waals surface area contributed by atoms with Crippen LogP contribution in [0.25, 0.3) is 0 Å². The molecule has 0 heterocycles. The molecule has 0 aliphatic heterocycles. The van der Waals surface area contributed by atoms with E-state index in [1.807, 2.05) is 0 Å². The molecule has 23 heavy (non-hydrogen) atoms. The monoisotopic (exact) mass is 356 g/mol. The van der Waals surface area contributed by atoms with Crippen molar-refractivity contribution >= 4 is 17.2 Å². The Bertz CT molecular complexity index is 235. The Kier molecular flexibility index (Phi) is 15.0. The predicted molar refractivity (Wildman–Crippen MR) is 113 cm³/mol. The van der Waals surface area contributed by atoms with Crippen LogP contribution in [0.3, 0.4) is 0 Å². The topological polar surface area (TPSA) is 3.24 Å². The van der Waals surface area contributed by atoms with Gasteiger partial charge >= 0.3 is 0 Å². The van der Waals surface area contributed by atoms with Crippen molar-refractivity contribution in [3.05, 3.63) is 0 Å². The Morgan fingerprint density at radius 2 is 0.957 bits per heavy atom. The van der Waals surface area contributed by atoms with E-state index < -0.39 is 8.24 Å². The molecule has 0 atom stereocenters. The molecule has 1 nitrogen and oxygen atoms in total. The molecule has 0 aromatic carbocycles. The quantitative estimate of drug-likeness (QED) is 0.205. The van der Waals surface area contributed by atoms with Gasteiger partial charge in [0.15, 0.2) is 0 Å². The highest BCUT2D eigenvalue weighted by atomic mass is 28.4. The molecule has 0 aromatic rings. The number of hydrogen-bond donors (Lipinski definition) is 0. The summed E-state index contributed by atoms with van der Waals surface area (Å²) in [6.07, 6.45) is 17.4. The molecule has 0 unspecified atom stereocenters. The summed E-state index contributed by atoms with van der Waals surface area (Å²) in [5.41, 5.74) is 0. The van der Waals surface area contributed by atoms with E-state index in [4.69, 9.17) is 0 Å². The Morgan fingerprint density at radius 3 is 1.30 bits per heavy atom. The summed E-state index contributed by atoms with van der Waals surface area (Å²) in [6, 6.07) is 3.07. The minimum Gasteiger partial charge on any atom is -0.349 e. The third-order valence-corrected chi connectivity index (χ3v) is 12.9. The maximum Gasteiger partial charge on any atom is 0.129 e. The van der Waals surface area contributed by atoms with E-state index in [2.05, 4.69) is 44.8 Å². The lowest BCUT2D eigenvalue weighted by Gasteiger charge is -2.36. The molecule has 0 rings (SSSR count). The Balaban J connectivity index is 4.04. The molecule has 0 aliphatic rings. The first-order valence-corrected chi connectivity index (χ1v) is 15.8. The van der Waals surface area contributed by atoms with Gasteiger partial charge in [-0.3, -0.25) is 0 Å².